The van der Waals surface area contributed by atoms with E-state index in [2.05, 4.69) is 15.3 Å². The van der Waals surface area contributed by atoms with Crippen LogP contribution in [0.3, 0.4) is 0 Å². The molecule has 0 radical (unpaired) electrons. The number of halogens is 1. The van der Waals surface area contributed by atoms with Gasteiger partial charge in [0.25, 0.3) is 6.09 Å². The lowest BCUT2D eigenvalue weighted by atomic mass is 9.99. The molecule has 1 aromatic rings. The Morgan fingerprint density at radius 3 is 2.75 bits per heavy atom. The van der Waals surface area contributed by atoms with E-state index in [9.17, 15) is 20.3 Å². The molecule has 1 saturated heterocycles. The van der Waals surface area contributed by atoms with E-state index >= 15 is 0 Å². The van der Waals surface area contributed by atoms with Crippen molar-refractivity contribution >= 4 is 29.2 Å². The Kier molecular flexibility index (Phi) is 5.19. The molecule has 3 N–H and O–H groups in total. The molecule has 2 atom stereocenters. The van der Waals surface area contributed by atoms with Crippen molar-refractivity contribution in [3.05, 3.63) is 11.5 Å². The van der Waals surface area contributed by atoms with E-state index in [1.54, 1.807) is 0 Å². The van der Waals surface area contributed by atoms with E-state index in [0.29, 0.717) is 13.0 Å². The first-order valence-electron chi connectivity index (χ1n) is 7.63. The van der Waals surface area contributed by atoms with E-state index in [4.69, 9.17) is 11.6 Å². The zero-order chi connectivity index (χ0) is 18.1. The lowest BCUT2D eigenvalue weighted by Gasteiger charge is -2.49. The van der Waals surface area contributed by atoms with Gasteiger partial charge in [-0.05, 0) is 32.4 Å². The first-order valence-corrected chi connectivity index (χ1v) is 8.01. The molecular formula is C14H22ClN5O4. The number of hydrogen-bond acceptors (Lipinski definition) is 8. The average molecular weight is 360 g/mol. The number of carbonyl (C=O) groups excluding carboxylic acids is 1. The molecule has 0 saturated carbocycles. The van der Waals surface area contributed by atoms with E-state index in [-0.39, 0.29) is 39.1 Å². The summed E-state index contributed by atoms with van der Waals surface area (Å²) in [5, 5.41) is 33.1. The molecule has 0 aromatic carbocycles. The summed E-state index contributed by atoms with van der Waals surface area (Å²) in [5.74, 6) is 0.109. The minimum Gasteiger partial charge on any atom is -0.498 e. The molecule has 9 nitrogen and oxygen atoms in total. The summed E-state index contributed by atoms with van der Waals surface area (Å²) < 4.78 is -0.171. The smallest absolute Gasteiger partial charge is 0.258 e. The van der Waals surface area contributed by atoms with Crippen LogP contribution < -0.4 is 15.6 Å². The normalized spacial score (nSPS) is 24.0. The number of aromatic nitrogens is 2. The molecular weight excluding hydrogens is 338 g/mol. The number of likely N-dealkylation sites (tertiary alicyclic amines) is 1. The fraction of sp³-hybridized carbons (Fsp3) is 0.643. The van der Waals surface area contributed by atoms with Gasteiger partial charge in [0, 0.05) is 12.8 Å². The average Bonchev–Trinajstić information content (AvgIpc) is 2.89. The van der Waals surface area contributed by atoms with Crippen LogP contribution in [0, 0.1) is 0 Å². The van der Waals surface area contributed by atoms with Crippen molar-refractivity contribution in [1.29, 1.82) is 0 Å². The SMILES string of the molecule is CC(C)(C)[N+]1(C(=O)[O-])CCC[C@H]1CNc1nc(Cl)ncc1N(O)O. The third kappa shape index (κ3) is 3.25. The van der Waals surface area contributed by atoms with Crippen LogP contribution in [0.25, 0.3) is 0 Å². The molecule has 2 heterocycles. The fourth-order valence-corrected chi connectivity index (χ4v) is 3.61. The monoisotopic (exact) mass is 359 g/mol. The van der Waals surface area contributed by atoms with Gasteiger partial charge in [0.1, 0.15) is 6.04 Å². The quantitative estimate of drug-likeness (QED) is 0.417. The maximum Gasteiger partial charge on any atom is 0.258 e. The van der Waals surface area contributed by atoms with Gasteiger partial charge in [-0.1, -0.05) is 0 Å². The number of anilines is 2. The lowest BCUT2D eigenvalue weighted by molar-refractivity contribution is -0.928. The standard InChI is InChI=1S/C14H22ClN5O4/c1-14(2,3)20(13(21)22)6-4-5-9(20)7-16-11-10(19(23)24)8-17-12(15)18-11/h8-9,23-24H,4-7H2,1-3H3,(H-,16,17,18,21,22)/t9-,20?/m0/s1. The number of nitrogens with zero attached hydrogens (tertiary/aromatic N) is 4. The number of quaternary nitrogens is 1. The summed E-state index contributed by atoms with van der Waals surface area (Å²) >= 11 is 5.74. The molecule has 1 aromatic heterocycles. The summed E-state index contributed by atoms with van der Waals surface area (Å²) in [6.45, 7) is 6.37. The van der Waals surface area contributed by atoms with Crippen molar-refractivity contribution in [2.45, 2.75) is 45.2 Å². The second-order valence-corrected chi connectivity index (χ2v) is 7.21. The topological polar surface area (TPSA) is 122 Å². The van der Waals surface area contributed by atoms with Crippen LogP contribution in [0.15, 0.2) is 6.20 Å². The molecule has 1 amide bonds. The van der Waals surface area contributed by atoms with Gasteiger partial charge in [-0.3, -0.25) is 14.9 Å². The highest BCUT2D eigenvalue weighted by Gasteiger charge is 2.51. The Balaban J connectivity index is 2.25. The lowest BCUT2D eigenvalue weighted by Crippen LogP contribution is -2.70. The van der Waals surface area contributed by atoms with Crippen molar-refractivity contribution in [3.63, 3.8) is 0 Å². The molecule has 1 fully saturated rings. The van der Waals surface area contributed by atoms with Crippen molar-refractivity contribution in [3.8, 4) is 0 Å². The molecule has 1 aliphatic rings. The number of carboxylic acid groups (broad SMARTS) is 1. The van der Waals surface area contributed by atoms with Gasteiger partial charge in [-0.2, -0.15) is 4.98 Å². The van der Waals surface area contributed by atoms with E-state index in [0.717, 1.165) is 12.6 Å². The van der Waals surface area contributed by atoms with Crippen molar-refractivity contribution in [1.82, 2.24) is 9.97 Å². The van der Waals surface area contributed by atoms with E-state index in [1.807, 2.05) is 20.8 Å². The molecule has 0 aliphatic carbocycles. The molecule has 134 valence electrons. The highest BCUT2D eigenvalue weighted by atomic mass is 35.5. The van der Waals surface area contributed by atoms with Crippen molar-refractivity contribution in [2.75, 3.05) is 23.6 Å². The second-order valence-electron chi connectivity index (χ2n) is 6.87. The molecule has 10 heteroatoms. The Morgan fingerprint density at radius 1 is 1.54 bits per heavy atom. The van der Waals surface area contributed by atoms with Crippen molar-refractivity contribution < 1.29 is 24.8 Å². The first-order chi connectivity index (χ1) is 11.1. The Labute approximate surface area is 145 Å². The summed E-state index contributed by atoms with van der Waals surface area (Å²) in [6.07, 6.45) is 1.51. The van der Waals surface area contributed by atoms with Crippen LogP contribution in [0.4, 0.5) is 16.3 Å². The van der Waals surface area contributed by atoms with Gasteiger partial charge in [0.2, 0.25) is 5.28 Å². The molecule has 2 rings (SSSR count). The Hall–Kier alpha value is -1.68. The third-order valence-corrected chi connectivity index (χ3v) is 4.84. The van der Waals surface area contributed by atoms with Gasteiger partial charge in [0.15, 0.2) is 11.5 Å². The number of rotatable bonds is 4. The zero-order valence-corrected chi connectivity index (χ0v) is 14.6. The molecule has 0 bridgehead atoms. The van der Waals surface area contributed by atoms with Crippen LogP contribution in [0.1, 0.15) is 33.6 Å². The van der Waals surface area contributed by atoms with Crippen LogP contribution in [-0.2, 0) is 0 Å². The number of hydrogen-bond donors (Lipinski definition) is 3. The minimum absolute atomic E-state index is 0.0639. The highest BCUT2D eigenvalue weighted by Crippen LogP contribution is 2.36. The van der Waals surface area contributed by atoms with E-state index < -0.39 is 11.6 Å². The highest BCUT2D eigenvalue weighted by molar-refractivity contribution is 6.28. The summed E-state index contributed by atoms with van der Waals surface area (Å²) in [4.78, 5) is 19.5. The molecule has 0 spiro atoms. The van der Waals surface area contributed by atoms with Crippen LogP contribution in [-0.4, -0.2) is 55.6 Å². The third-order valence-electron chi connectivity index (χ3n) is 4.66. The van der Waals surface area contributed by atoms with Gasteiger partial charge in [0.05, 0.1) is 24.8 Å². The van der Waals surface area contributed by atoms with Crippen molar-refractivity contribution in [2.24, 2.45) is 0 Å². The summed E-state index contributed by atoms with van der Waals surface area (Å²) in [5.41, 5.74) is -0.618. The predicted molar refractivity (Wildman–Crippen MR) is 84.9 cm³/mol. The minimum atomic E-state index is -1.11. The first kappa shape index (κ1) is 18.7. The van der Waals surface area contributed by atoms with Gasteiger partial charge in [-0.25, -0.2) is 4.98 Å². The van der Waals surface area contributed by atoms with Crippen LogP contribution >= 0.6 is 11.6 Å². The summed E-state index contributed by atoms with van der Waals surface area (Å²) in [6, 6.07) is -0.248. The Bertz CT molecular complexity index is 622. The van der Waals surface area contributed by atoms with Gasteiger partial charge in [-0.15, -0.1) is 5.23 Å². The zero-order valence-electron chi connectivity index (χ0n) is 13.9. The molecule has 1 unspecified atom stereocenters. The fourth-order valence-electron chi connectivity index (χ4n) is 3.48. The van der Waals surface area contributed by atoms with Gasteiger partial charge < -0.3 is 15.2 Å². The largest absolute Gasteiger partial charge is 0.498 e. The summed E-state index contributed by atoms with van der Waals surface area (Å²) in [7, 11) is 0. The number of nitrogens with one attached hydrogen (secondary N) is 1. The number of amides is 1. The molecule has 1 aliphatic heterocycles. The predicted octanol–water partition coefficient (Wildman–Crippen LogP) is 1.25. The Morgan fingerprint density at radius 2 is 2.21 bits per heavy atom. The molecule has 24 heavy (non-hydrogen) atoms. The maximum absolute atomic E-state index is 11.9. The van der Waals surface area contributed by atoms with Gasteiger partial charge >= 0.3 is 0 Å². The number of carbonyl (C=O) groups is 1. The van der Waals surface area contributed by atoms with Crippen LogP contribution in [0.5, 0.6) is 0 Å². The maximum atomic E-state index is 11.9. The van der Waals surface area contributed by atoms with Crippen LogP contribution in [0.2, 0.25) is 5.28 Å². The second kappa shape index (κ2) is 6.67. The van der Waals surface area contributed by atoms with E-state index in [1.165, 1.54) is 0 Å².